The standard InChI is InChI=1S/C19H20N2O3/c1-14(20-18(22)17-8-5-13-24-17)19(23)21-11-9-16(10-12-21)15-6-3-2-4-7-15/h2-9,13-14H,10-12H2,1H3,(H,20,22). The Labute approximate surface area is 141 Å². The van der Waals surface area contributed by atoms with Crippen LogP contribution in [0.4, 0.5) is 0 Å². The Hall–Kier alpha value is -2.82. The summed E-state index contributed by atoms with van der Waals surface area (Å²) in [5.74, 6) is -0.254. The second-order valence-electron chi connectivity index (χ2n) is 5.80. The zero-order valence-corrected chi connectivity index (χ0v) is 13.6. The fourth-order valence-electron chi connectivity index (χ4n) is 2.79. The van der Waals surface area contributed by atoms with Gasteiger partial charge in [0.25, 0.3) is 5.91 Å². The number of hydrogen-bond acceptors (Lipinski definition) is 3. The van der Waals surface area contributed by atoms with Crippen molar-refractivity contribution in [2.24, 2.45) is 0 Å². The van der Waals surface area contributed by atoms with Crippen LogP contribution in [0.5, 0.6) is 0 Å². The van der Waals surface area contributed by atoms with Crippen molar-refractivity contribution < 1.29 is 14.0 Å². The van der Waals surface area contributed by atoms with Crippen LogP contribution in [0.25, 0.3) is 5.57 Å². The molecule has 1 aliphatic heterocycles. The molecule has 1 aromatic carbocycles. The lowest BCUT2D eigenvalue weighted by Crippen LogP contribution is -2.48. The van der Waals surface area contributed by atoms with Crippen molar-refractivity contribution in [1.82, 2.24) is 10.2 Å². The maximum atomic E-state index is 12.5. The lowest BCUT2D eigenvalue weighted by atomic mass is 9.99. The molecule has 124 valence electrons. The van der Waals surface area contributed by atoms with Gasteiger partial charge in [-0.05, 0) is 36.6 Å². The third-order valence-corrected chi connectivity index (χ3v) is 4.13. The number of nitrogens with one attached hydrogen (secondary N) is 1. The van der Waals surface area contributed by atoms with Crippen molar-refractivity contribution >= 4 is 17.4 Å². The molecule has 2 heterocycles. The number of amides is 2. The smallest absolute Gasteiger partial charge is 0.287 e. The SMILES string of the molecule is CC(NC(=O)c1ccco1)C(=O)N1CC=C(c2ccccc2)CC1. The Kier molecular flexibility index (Phi) is 4.79. The van der Waals surface area contributed by atoms with E-state index in [0.29, 0.717) is 13.1 Å². The molecule has 2 amide bonds. The second kappa shape index (κ2) is 7.17. The number of nitrogens with zero attached hydrogens (tertiary/aromatic N) is 1. The summed E-state index contributed by atoms with van der Waals surface area (Å²) in [5.41, 5.74) is 2.45. The summed E-state index contributed by atoms with van der Waals surface area (Å²) in [6.45, 7) is 2.91. The van der Waals surface area contributed by atoms with Crippen LogP contribution in [-0.2, 0) is 4.79 Å². The van der Waals surface area contributed by atoms with Gasteiger partial charge in [-0.15, -0.1) is 0 Å². The molecule has 0 saturated heterocycles. The molecule has 1 N–H and O–H groups in total. The number of furan rings is 1. The Morgan fingerprint density at radius 2 is 1.96 bits per heavy atom. The van der Waals surface area contributed by atoms with Gasteiger partial charge in [-0.1, -0.05) is 36.4 Å². The molecule has 5 heteroatoms. The summed E-state index contributed by atoms with van der Waals surface area (Å²) in [4.78, 5) is 26.2. The molecule has 24 heavy (non-hydrogen) atoms. The van der Waals surface area contributed by atoms with Gasteiger partial charge in [-0.2, -0.15) is 0 Å². The van der Waals surface area contributed by atoms with E-state index in [4.69, 9.17) is 4.42 Å². The summed E-state index contributed by atoms with van der Waals surface area (Å²) in [5, 5.41) is 2.68. The minimum atomic E-state index is -0.589. The highest BCUT2D eigenvalue weighted by atomic mass is 16.3. The molecule has 0 bridgehead atoms. The first-order chi connectivity index (χ1) is 11.6. The van der Waals surface area contributed by atoms with Crippen LogP contribution < -0.4 is 5.32 Å². The first kappa shape index (κ1) is 16.1. The molecule has 0 saturated carbocycles. The lowest BCUT2D eigenvalue weighted by molar-refractivity contribution is -0.132. The molecule has 0 spiro atoms. The van der Waals surface area contributed by atoms with Crippen LogP contribution in [0.1, 0.15) is 29.5 Å². The first-order valence-corrected chi connectivity index (χ1v) is 8.03. The van der Waals surface area contributed by atoms with Crippen molar-refractivity contribution in [2.45, 2.75) is 19.4 Å². The van der Waals surface area contributed by atoms with E-state index >= 15 is 0 Å². The van der Waals surface area contributed by atoms with E-state index in [1.54, 1.807) is 24.0 Å². The summed E-state index contributed by atoms with van der Waals surface area (Å²) in [6, 6.07) is 12.8. The highest BCUT2D eigenvalue weighted by molar-refractivity contribution is 5.95. The van der Waals surface area contributed by atoms with E-state index in [0.717, 1.165) is 6.42 Å². The van der Waals surface area contributed by atoms with Gasteiger partial charge >= 0.3 is 0 Å². The molecule has 2 aromatic rings. The first-order valence-electron chi connectivity index (χ1n) is 8.03. The average molecular weight is 324 g/mol. The number of benzene rings is 1. The number of carbonyl (C=O) groups excluding carboxylic acids is 2. The van der Waals surface area contributed by atoms with Gasteiger partial charge in [-0.25, -0.2) is 0 Å². The number of hydrogen-bond donors (Lipinski definition) is 1. The summed E-state index contributed by atoms with van der Waals surface area (Å²) in [7, 11) is 0. The minimum Gasteiger partial charge on any atom is -0.459 e. The van der Waals surface area contributed by atoms with Gasteiger partial charge < -0.3 is 14.6 Å². The fraction of sp³-hybridized carbons (Fsp3) is 0.263. The maximum Gasteiger partial charge on any atom is 0.287 e. The molecular weight excluding hydrogens is 304 g/mol. The molecule has 1 atom stereocenters. The predicted molar refractivity (Wildman–Crippen MR) is 91.3 cm³/mol. The largest absolute Gasteiger partial charge is 0.459 e. The normalized spacial score (nSPS) is 15.5. The molecule has 5 nitrogen and oxygen atoms in total. The summed E-state index contributed by atoms with van der Waals surface area (Å²) in [6.07, 6.45) is 4.33. The zero-order valence-electron chi connectivity index (χ0n) is 13.6. The molecular formula is C19H20N2O3. The Morgan fingerprint density at radius 1 is 1.17 bits per heavy atom. The highest BCUT2D eigenvalue weighted by Crippen LogP contribution is 2.22. The lowest BCUT2D eigenvalue weighted by Gasteiger charge is -2.29. The Bertz CT molecular complexity index is 735. The van der Waals surface area contributed by atoms with Gasteiger partial charge in [0.1, 0.15) is 6.04 Å². The number of carbonyl (C=O) groups is 2. The fourth-order valence-corrected chi connectivity index (χ4v) is 2.79. The minimum absolute atomic E-state index is 0.0849. The Morgan fingerprint density at radius 3 is 2.58 bits per heavy atom. The van der Waals surface area contributed by atoms with E-state index in [9.17, 15) is 9.59 Å². The summed E-state index contributed by atoms with van der Waals surface area (Å²) >= 11 is 0. The van der Waals surface area contributed by atoms with E-state index in [2.05, 4.69) is 23.5 Å². The van der Waals surface area contributed by atoms with Crippen LogP contribution in [0.15, 0.2) is 59.2 Å². The maximum absolute atomic E-state index is 12.5. The number of rotatable bonds is 4. The van der Waals surface area contributed by atoms with Crippen molar-refractivity contribution in [3.63, 3.8) is 0 Å². The predicted octanol–water partition coefficient (Wildman–Crippen LogP) is 2.71. The molecule has 0 fully saturated rings. The van der Waals surface area contributed by atoms with Gasteiger partial charge in [0, 0.05) is 13.1 Å². The third kappa shape index (κ3) is 3.56. The monoisotopic (exact) mass is 324 g/mol. The zero-order chi connectivity index (χ0) is 16.9. The molecule has 1 aromatic heterocycles. The second-order valence-corrected chi connectivity index (χ2v) is 5.80. The molecule has 3 rings (SSSR count). The van der Waals surface area contributed by atoms with Crippen molar-refractivity contribution in [3.05, 3.63) is 66.1 Å². The molecule has 0 radical (unpaired) electrons. The van der Waals surface area contributed by atoms with Gasteiger partial charge in [0.05, 0.1) is 6.26 Å². The van der Waals surface area contributed by atoms with Crippen LogP contribution in [0, 0.1) is 0 Å². The van der Waals surface area contributed by atoms with Crippen molar-refractivity contribution in [1.29, 1.82) is 0 Å². The average Bonchev–Trinajstić information content (AvgIpc) is 3.17. The van der Waals surface area contributed by atoms with E-state index in [1.165, 1.54) is 17.4 Å². The van der Waals surface area contributed by atoms with Crippen LogP contribution >= 0.6 is 0 Å². The molecule has 1 aliphatic rings. The Balaban J connectivity index is 1.58. The van der Waals surface area contributed by atoms with Gasteiger partial charge in [0.15, 0.2) is 5.76 Å². The molecule has 1 unspecified atom stereocenters. The third-order valence-electron chi connectivity index (χ3n) is 4.13. The van der Waals surface area contributed by atoms with Gasteiger partial charge in [0.2, 0.25) is 5.91 Å². The van der Waals surface area contributed by atoms with Crippen molar-refractivity contribution in [2.75, 3.05) is 13.1 Å². The van der Waals surface area contributed by atoms with E-state index in [-0.39, 0.29) is 17.6 Å². The van der Waals surface area contributed by atoms with Crippen molar-refractivity contribution in [3.8, 4) is 0 Å². The van der Waals surface area contributed by atoms with Crippen LogP contribution in [0.2, 0.25) is 0 Å². The van der Waals surface area contributed by atoms with Crippen LogP contribution in [-0.4, -0.2) is 35.8 Å². The van der Waals surface area contributed by atoms with E-state index < -0.39 is 6.04 Å². The molecule has 0 aliphatic carbocycles. The van der Waals surface area contributed by atoms with E-state index in [1.807, 2.05) is 18.2 Å². The topological polar surface area (TPSA) is 62.6 Å². The van der Waals surface area contributed by atoms with Crippen LogP contribution in [0.3, 0.4) is 0 Å². The summed E-state index contributed by atoms with van der Waals surface area (Å²) < 4.78 is 5.04. The quantitative estimate of drug-likeness (QED) is 0.940. The highest BCUT2D eigenvalue weighted by Gasteiger charge is 2.24. The van der Waals surface area contributed by atoms with Gasteiger partial charge in [-0.3, -0.25) is 9.59 Å².